The molecule has 0 amide bonds. The van der Waals surface area contributed by atoms with Crippen molar-refractivity contribution in [3.8, 4) is 5.75 Å². The second kappa shape index (κ2) is 13.0. The molecule has 1 aromatic rings. The molecule has 0 unspecified atom stereocenters. The quantitative estimate of drug-likeness (QED) is 0.208. The third kappa shape index (κ3) is 7.20. The molecule has 37 heavy (non-hydrogen) atoms. The van der Waals surface area contributed by atoms with Gasteiger partial charge in [-0.05, 0) is 87.5 Å². The van der Waals surface area contributed by atoms with E-state index in [1.165, 1.54) is 36.8 Å². The van der Waals surface area contributed by atoms with Crippen molar-refractivity contribution in [2.24, 2.45) is 17.3 Å². The first kappa shape index (κ1) is 27.8. The summed E-state index contributed by atoms with van der Waals surface area (Å²) in [5, 5.41) is 13.6. The standard InChI is InChI=1S/C32H47NO4/c1-23(34)26-10-13-30(14-11-26)33-25(3)32(16-5-6-17-32)21-29(22-36-19-18-35-4)24(2)37-31-15-12-27-8-7-9-28(27)20-31/h12,15,20,26,29-30,33-34H,1-3,5-11,13-14,16-19,21-22H2,4H3/t26?,29-,30?/m0/s1. The highest BCUT2D eigenvalue weighted by atomic mass is 16.5. The lowest BCUT2D eigenvalue weighted by Gasteiger charge is -2.39. The van der Waals surface area contributed by atoms with Crippen molar-refractivity contribution in [2.45, 2.75) is 83.1 Å². The van der Waals surface area contributed by atoms with Gasteiger partial charge in [0.05, 0.1) is 25.6 Å². The van der Waals surface area contributed by atoms with Crippen LogP contribution in [0.15, 0.2) is 55.2 Å². The molecule has 0 aliphatic heterocycles. The molecule has 204 valence electrons. The third-order valence-electron chi connectivity index (χ3n) is 8.94. The number of methoxy groups -OCH3 is 1. The molecule has 4 rings (SSSR count). The first-order valence-electron chi connectivity index (χ1n) is 14.3. The molecule has 1 atom stereocenters. The van der Waals surface area contributed by atoms with E-state index >= 15 is 0 Å². The van der Waals surface area contributed by atoms with Gasteiger partial charge in [0.2, 0.25) is 0 Å². The molecule has 1 aromatic carbocycles. The molecule has 2 fully saturated rings. The van der Waals surface area contributed by atoms with Gasteiger partial charge in [-0.1, -0.05) is 38.6 Å². The topological polar surface area (TPSA) is 60.0 Å². The van der Waals surface area contributed by atoms with E-state index in [-0.39, 0.29) is 17.3 Å². The number of rotatable bonds is 14. The van der Waals surface area contributed by atoms with Crippen LogP contribution in [0.25, 0.3) is 0 Å². The summed E-state index contributed by atoms with van der Waals surface area (Å²) < 4.78 is 17.6. The summed E-state index contributed by atoms with van der Waals surface area (Å²) >= 11 is 0. The van der Waals surface area contributed by atoms with Crippen molar-refractivity contribution < 1.29 is 19.3 Å². The number of allylic oxidation sites excluding steroid dienone is 2. The predicted molar refractivity (Wildman–Crippen MR) is 150 cm³/mol. The van der Waals surface area contributed by atoms with Gasteiger partial charge < -0.3 is 24.6 Å². The van der Waals surface area contributed by atoms with Crippen molar-refractivity contribution in [3.05, 3.63) is 66.3 Å². The summed E-state index contributed by atoms with van der Waals surface area (Å²) in [7, 11) is 1.70. The van der Waals surface area contributed by atoms with E-state index in [1.807, 2.05) is 0 Å². The monoisotopic (exact) mass is 509 g/mol. The van der Waals surface area contributed by atoms with Gasteiger partial charge in [-0.2, -0.15) is 0 Å². The van der Waals surface area contributed by atoms with Gasteiger partial charge in [-0.25, -0.2) is 0 Å². The molecule has 0 heterocycles. The van der Waals surface area contributed by atoms with Crippen LogP contribution in [-0.4, -0.2) is 38.1 Å². The third-order valence-corrected chi connectivity index (χ3v) is 8.94. The minimum absolute atomic E-state index is 0.0109. The molecular formula is C32H47NO4. The van der Waals surface area contributed by atoms with Gasteiger partial charge in [0.25, 0.3) is 0 Å². The second-order valence-corrected chi connectivity index (χ2v) is 11.5. The Balaban J connectivity index is 1.43. The lowest BCUT2D eigenvalue weighted by Crippen LogP contribution is -2.39. The molecule has 3 aliphatic carbocycles. The second-order valence-electron chi connectivity index (χ2n) is 11.5. The number of fused-ring (bicyclic) bond motifs is 1. The fourth-order valence-corrected chi connectivity index (χ4v) is 6.60. The molecule has 5 heteroatoms. The molecule has 0 radical (unpaired) electrons. The van der Waals surface area contributed by atoms with Gasteiger partial charge in [0, 0.05) is 36.1 Å². The van der Waals surface area contributed by atoms with E-state index in [0.717, 1.165) is 68.6 Å². The zero-order valence-corrected chi connectivity index (χ0v) is 22.9. The van der Waals surface area contributed by atoms with Gasteiger partial charge in [-0.3, -0.25) is 0 Å². The Morgan fingerprint density at radius 1 is 1.03 bits per heavy atom. The minimum Gasteiger partial charge on any atom is -0.513 e. The normalized spacial score (nSPS) is 23.3. The van der Waals surface area contributed by atoms with Crippen molar-refractivity contribution in [1.82, 2.24) is 5.32 Å². The van der Waals surface area contributed by atoms with Crippen molar-refractivity contribution in [3.63, 3.8) is 0 Å². The van der Waals surface area contributed by atoms with Crippen molar-refractivity contribution in [2.75, 3.05) is 26.9 Å². The summed E-state index contributed by atoms with van der Waals surface area (Å²) in [4.78, 5) is 0. The van der Waals surface area contributed by atoms with E-state index in [1.54, 1.807) is 7.11 Å². The molecule has 0 saturated heterocycles. The summed E-state index contributed by atoms with van der Waals surface area (Å²) in [6, 6.07) is 6.89. The van der Waals surface area contributed by atoms with Crippen molar-refractivity contribution >= 4 is 0 Å². The van der Waals surface area contributed by atoms with Crippen LogP contribution in [0.4, 0.5) is 0 Å². The van der Waals surface area contributed by atoms with Crippen LogP contribution in [0, 0.1) is 17.3 Å². The number of ether oxygens (including phenoxy) is 3. The highest BCUT2D eigenvalue weighted by Crippen LogP contribution is 2.49. The maximum Gasteiger partial charge on any atom is 0.127 e. The number of benzene rings is 1. The van der Waals surface area contributed by atoms with Crippen molar-refractivity contribution in [1.29, 1.82) is 0 Å². The fraction of sp³-hybridized carbons (Fsp3) is 0.625. The van der Waals surface area contributed by atoms with Gasteiger partial charge in [-0.15, -0.1) is 0 Å². The Hall–Kier alpha value is -2.24. The van der Waals surface area contributed by atoms with Gasteiger partial charge in [0.15, 0.2) is 0 Å². The number of nitrogens with one attached hydrogen (secondary N) is 1. The number of aryl methyl sites for hydroxylation is 2. The summed E-state index contributed by atoms with van der Waals surface area (Å²) in [6.45, 7) is 14.4. The van der Waals surface area contributed by atoms with E-state index in [9.17, 15) is 5.11 Å². The highest BCUT2D eigenvalue weighted by molar-refractivity contribution is 5.39. The average molecular weight is 510 g/mol. The van der Waals surface area contributed by atoms with E-state index in [4.69, 9.17) is 14.2 Å². The van der Waals surface area contributed by atoms with Crippen LogP contribution < -0.4 is 10.1 Å². The molecule has 0 bridgehead atoms. The SMILES string of the molecule is C=C(O)C1CCC(NC(=C)C2(C[C@@H](COCCOC)C(=C)Oc3ccc4c(c3)CCC4)CCCC2)CC1. The summed E-state index contributed by atoms with van der Waals surface area (Å²) in [5.41, 5.74) is 4.02. The lowest BCUT2D eigenvalue weighted by atomic mass is 9.74. The molecule has 0 spiro atoms. The van der Waals surface area contributed by atoms with E-state index in [2.05, 4.69) is 43.3 Å². The molecule has 5 nitrogen and oxygen atoms in total. The van der Waals surface area contributed by atoms with Gasteiger partial charge >= 0.3 is 0 Å². The number of hydrogen-bond donors (Lipinski definition) is 2. The number of hydrogen-bond acceptors (Lipinski definition) is 5. The Morgan fingerprint density at radius 2 is 1.76 bits per heavy atom. The molecule has 2 N–H and O–H groups in total. The average Bonchev–Trinajstić information content (AvgIpc) is 3.56. The zero-order valence-electron chi connectivity index (χ0n) is 22.9. The zero-order chi connectivity index (χ0) is 26.3. The van der Waals surface area contributed by atoms with E-state index in [0.29, 0.717) is 31.6 Å². The maximum absolute atomic E-state index is 9.79. The van der Waals surface area contributed by atoms with Gasteiger partial charge in [0.1, 0.15) is 11.5 Å². The van der Waals surface area contributed by atoms with Crippen LogP contribution in [0.5, 0.6) is 5.75 Å². The smallest absolute Gasteiger partial charge is 0.127 e. The van der Waals surface area contributed by atoms with Crippen LogP contribution in [0.3, 0.4) is 0 Å². The first-order chi connectivity index (χ1) is 17.9. The minimum atomic E-state index is 0.0109. The van der Waals surface area contributed by atoms with Crippen LogP contribution in [0.1, 0.15) is 75.3 Å². The fourth-order valence-electron chi connectivity index (χ4n) is 6.60. The molecule has 2 saturated carbocycles. The van der Waals surface area contributed by atoms with Crippen LogP contribution in [0.2, 0.25) is 0 Å². The van der Waals surface area contributed by atoms with Crippen LogP contribution in [-0.2, 0) is 22.3 Å². The summed E-state index contributed by atoms with van der Waals surface area (Å²) in [6.07, 6.45) is 13.2. The Kier molecular flexibility index (Phi) is 9.77. The maximum atomic E-state index is 9.79. The Bertz CT molecular complexity index is 940. The lowest BCUT2D eigenvalue weighted by molar-refractivity contribution is 0.0417. The van der Waals surface area contributed by atoms with Crippen LogP contribution >= 0.6 is 0 Å². The van der Waals surface area contributed by atoms with E-state index < -0.39 is 0 Å². The predicted octanol–water partition coefficient (Wildman–Crippen LogP) is 7.03. The molecule has 3 aliphatic rings. The Labute approximate surface area is 224 Å². The highest BCUT2D eigenvalue weighted by Gasteiger charge is 2.40. The molecular weight excluding hydrogens is 462 g/mol. The number of aliphatic hydroxyl groups excluding tert-OH is 1. The number of aliphatic hydroxyl groups is 1. The first-order valence-corrected chi connectivity index (χ1v) is 14.3. The Morgan fingerprint density at radius 3 is 2.46 bits per heavy atom. The largest absolute Gasteiger partial charge is 0.513 e. The molecule has 0 aromatic heterocycles. The summed E-state index contributed by atoms with van der Waals surface area (Å²) in [5.74, 6) is 2.29.